The van der Waals surface area contributed by atoms with E-state index in [4.69, 9.17) is 10.8 Å². The molecule has 4 heterocycles. The first-order valence-corrected chi connectivity index (χ1v) is 9.69. The lowest BCUT2D eigenvalue weighted by Gasteiger charge is -2.21. The number of hydrogen-bond donors (Lipinski definition) is 2. The van der Waals surface area contributed by atoms with Crippen LogP contribution in [0.3, 0.4) is 0 Å². The van der Waals surface area contributed by atoms with Crippen LogP contribution in [-0.2, 0) is 0 Å². The maximum atomic E-state index is 12.7. The predicted molar refractivity (Wildman–Crippen MR) is 102 cm³/mol. The molecule has 0 spiro atoms. The summed E-state index contributed by atoms with van der Waals surface area (Å²) in [6, 6.07) is 2.19. The summed E-state index contributed by atoms with van der Waals surface area (Å²) in [5, 5.41) is 12.6. The summed E-state index contributed by atoms with van der Waals surface area (Å²) in [5.41, 5.74) is 9.38. The molecule has 2 aliphatic rings. The molecule has 1 saturated carbocycles. The lowest BCUT2D eigenvalue weighted by atomic mass is 10.1. The van der Waals surface area contributed by atoms with Crippen molar-refractivity contribution < 1.29 is 13.2 Å². The first-order chi connectivity index (χ1) is 13.7. The lowest BCUT2D eigenvalue weighted by Crippen LogP contribution is -2.34. The third-order valence-electron chi connectivity index (χ3n) is 6.06. The van der Waals surface area contributed by atoms with Crippen LogP contribution >= 0.6 is 0 Å². The van der Waals surface area contributed by atoms with Crippen molar-refractivity contribution in [2.24, 2.45) is 11.8 Å². The summed E-state index contributed by atoms with van der Waals surface area (Å²) in [4.78, 5) is 5.77. The zero-order chi connectivity index (χ0) is 20.5. The number of nitrogen functional groups attached to an aromatic ring is 1. The molecule has 0 aromatic carbocycles. The number of nitrogens with two attached hydrogens (primary N) is 1. The highest BCUT2D eigenvalue weighted by Gasteiger charge is 2.58. The van der Waals surface area contributed by atoms with Crippen molar-refractivity contribution >= 4 is 16.7 Å². The Bertz CT molecular complexity index is 1060. The number of aromatic nitrogens is 5. The van der Waals surface area contributed by atoms with Gasteiger partial charge in [0.1, 0.15) is 5.82 Å². The highest BCUT2D eigenvalue weighted by molar-refractivity contribution is 5.97. The van der Waals surface area contributed by atoms with Gasteiger partial charge in [0, 0.05) is 42.5 Å². The van der Waals surface area contributed by atoms with Crippen molar-refractivity contribution in [1.29, 1.82) is 0 Å². The summed E-state index contributed by atoms with van der Waals surface area (Å²) < 4.78 is 40.0. The Hall–Kier alpha value is -2.62. The molecule has 29 heavy (non-hydrogen) atoms. The summed E-state index contributed by atoms with van der Waals surface area (Å²) >= 11 is 0. The first-order valence-electron chi connectivity index (χ1n) is 9.69. The number of piperidine rings is 1. The minimum absolute atomic E-state index is 0.144. The van der Waals surface area contributed by atoms with Crippen LogP contribution in [0.4, 0.5) is 19.0 Å². The molecule has 3 N–H and O–H groups in total. The fraction of sp³-hybridized carbons (Fsp3) is 0.526. The van der Waals surface area contributed by atoms with E-state index < -0.39 is 12.7 Å². The maximum Gasteiger partial charge on any atom is 0.401 e. The van der Waals surface area contributed by atoms with E-state index >= 15 is 0 Å². The highest BCUT2D eigenvalue weighted by Crippen LogP contribution is 2.59. The molecule has 0 unspecified atom stereocenters. The number of rotatable bonds is 4. The Kier molecular flexibility index (Phi) is 3.93. The average Bonchev–Trinajstić information content (AvgIpc) is 3.11. The molecule has 5 rings (SSSR count). The molecule has 2 fully saturated rings. The van der Waals surface area contributed by atoms with Crippen molar-refractivity contribution in [2.75, 3.05) is 25.4 Å². The number of fused-ring (bicyclic) bond motifs is 2. The second-order valence-corrected chi connectivity index (χ2v) is 8.37. The van der Waals surface area contributed by atoms with Crippen LogP contribution in [0.1, 0.15) is 31.5 Å². The van der Waals surface area contributed by atoms with Crippen LogP contribution in [-0.4, -0.2) is 55.7 Å². The van der Waals surface area contributed by atoms with Crippen LogP contribution < -0.4 is 5.73 Å². The standard InChI is InChI=1S/C19H22F3N7/c1-9(2)29-15(16-12-6-28(7-13(12)16)8-19(20,21)22)3-14(27-29)10-4-24-18(23)11-5-25-26-17(10)11/h3-5,9,12-13,16H,6-8H2,1-2H3,(H2,23,24)(H,25,26)/t12-,13+,16+. The molecule has 0 bridgehead atoms. The quantitative estimate of drug-likeness (QED) is 0.696. The molecule has 0 radical (unpaired) electrons. The number of hydrogen-bond acceptors (Lipinski definition) is 5. The Balaban J connectivity index is 1.45. The second-order valence-electron chi connectivity index (χ2n) is 8.37. The van der Waals surface area contributed by atoms with E-state index in [2.05, 4.69) is 29.0 Å². The SMILES string of the molecule is CC(C)n1nc(-c2cnc(N)c3cn[nH]c23)cc1[C@H]1[C@@H]2CN(CC(F)(F)F)C[C@@H]21. The molecule has 1 aliphatic carbocycles. The van der Waals surface area contributed by atoms with Crippen molar-refractivity contribution in [3.63, 3.8) is 0 Å². The van der Waals surface area contributed by atoms with Gasteiger partial charge in [-0.25, -0.2) is 4.98 Å². The average molecular weight is 405 g/mol. The van der Waals surface area contributed by atoms with Gasteiger partial charge in [-0.05, 0) is 31.7 Å². The van der Waals surface area contributed by atoms with Gasteiger partial charge in [-0.15, -0.1) is 0 Å². The molecular formula is C19H22F3N7. The smallest absolute Gasteiger partial charge is 0.383 e. The van der Waals surface area contributed by atoms with Crippen LogP contribution in [0.2, 0.25) is 0 Å². The van der Waals surface area contributed by atoms with Gasteiger partial charge in [0.25, 0.3) is 0 Å². The van der Waals surface area contributed by atoms with E-state index in [9.17, 15) is 13.2 Å². The maximum absolute atomic E-state index is 12.7. The third kappa shape index (κ3) is 3.06. The number of aromatic amines is 1. The van der Waals surface area contributed by atoms with Crippen LogP contribution in [0.5, 0.6) is 0 Å². The Labute approximate surface area is 165 Å². The number of nitrogens with one attached hydrogen (secondary N) is 1. The molecule has 154 valence electrons. The van der Waals surface area contributed by atoms with Gasteiger partial charge < -0.3 is 5.73 Å². The summed E-state index contributed by atoms with van der Waals surface area (Å²) in [6.45, 7) is 4.27. The fourth-order valence-corrected chi connectivity index (χ4v) is 4.79. The van der Waals surface area contributed by atoms with Crippen molar-refractivity contribution in [2.45, 2.75) is 32.0 Å². The molecule has 10 heteroatoms. The van der Waals surface area contributed by atoms with Crippen LogP contribution in [0.25, 0.3) is 22.2 Å². The van der Waals surface area contributed by atoms with Crippen LogP contribution in [0, 0.1) is 11.8 Å². The van der Waals surface area contributed by atoms with E-state index in [0.29, 0.717) is 18.9 Å². The second kappa shape index (κ2) is 6.19. The predicted octanol–water partition coefficient (Wildman–Crippen LogP) is 3.19. The van der Waals surface area contributed by atoms with Crippen molar-refractivity contribution in [3.8, 4) is 11.3 Å². The summed E-state index contributed by atoms with van der Waals surface area (Å²) in [5.74, 6) is 1.18. The number of anilines is 1. The number of pyridine rings is 1. The van der Waals surface area contributed by atoms with Gasteiger partial charge >= 0.3 is 6.18 Å². The lowest BCUT2D eigenvalue weighted by molar-refractivity contribution is -0.144. The highest BCUT2D eigenvalue weighted by atomic mass is 19.4. The topological polar surface area (TPSA) is 88.6 Å². The van der Waals surface area contributed by atoms with E-state index in [-0.39, 0.29) is 23.8 Å². The van der Waals surface area contributed by atoms with E-state index in [0.717, 1.165) is 27.9 Å². The van der Waals surface area contributed by atoms with E-state index in [1.807, 2.05) is 10.7 Å². The van der Waals surface area contributed by atoms with Crippen molar-refractivity contribution in [1.82, 2.24) is 29.9 Å². The van der Waals surface area contributed by atoms with Gasteiger partial charge in [0.15, 0.2) is 0 Å². The normalized spacial score (nSPS) is 24.6. The van der Waals surface area contributed by atoms with E-state index in [1.54, 1.807) is 12.4 Å². The molecule has 3 aromatic heterocycles. The number of nitrogens with zero attached hydrogens (tertiary/aromatic N) is 5. The summed E-state index contributed by atoms with van der Waals surface area (Å²) in [6.07, 6.45) is -0.815. The minimum Gasteiger partial charge on any atom is -0.383 e. The fourth-order valence-electron chi connectivity index (χ4n) is 4.79. The molecular weight excluding hydrogens is 383 g/mol. The van der Waals surface area contributed by atoms with E-state index in [1.165, 1.54) is 4.90 Å². The molecule has 3 aromatic rings. The van der Waals surface area contributed by atoms with Crippen molar-refractivity contribution in [3.05, 3.63) is 24.2 Å². The van der Waals surface area contributed by atoms with Gasteiger partial charge in [-0.3, -0.25) is 14.7 Å². The zero-order valence-electron chi connectivity index (χ0n) is 16.1. The van der Waals surface area contributed by atoms with Crippen LogP contribution in [0.15, 0.2) is 18.5 Å². The van der Waals surface area contributed by atoms with Gasteiger partial charge in [-0.1, -0.05) is 0 Å². The number of H-pyrrole nitrogens is 1. The number of likely N-dealkylation sites (tertiary alicyclic amines) is 1. The zero-order valence-corrected chi connectivity index (χ0v) is 16.1. The summed E-state index contributed by atoms with van der Waals surface area (Å²) in [7, 11) is 0. The van der Waals surface area contributed by atoms with Gasteiger partial charge in [-0.2, -0.15) is 23.4 Å². The Morgan fingerprint density at radius 2 is 1.97 bits per heavy atom. The number of halogens is 3. The molecule has 1 saturated heterocycles. The molecule has 1 aliphatic heterocycles. The monoisotopic (exact) mass is 405 g/mol. The van der Waals surface area contributed by atoms with Gasteiger partial charge in [0.2, 0.25) is 0 Å². The van der Waals surface area contributed by atoms with Gasteiger partial charge in [0.05, 0.1) is 29.3 Å². The number of alkyl halides is 3. The Morgan fingerprint density at radius 3 is 2.62 bits per heavy atom. The largest absolute Gasteiger partial charge is 0.401 e. The molecule has 3 atom stereocenters. The third-order valence-corrected chi connectivity index (χ3v) is 6.06. The molecule has 7 nitrogen and oxygen atoms in total. The molecule has 0 amide bonds. The first kappa shape index (κ1) is 18.4. The minimum atomic E-state index is -4.14. The Morgan fingerprint density at radius 1 is 1.24 bits per heavy atom.